The van der Waals surface area contributed by atoms with E-state index >= 15 is 0 Å². The Balaban J connectivity index is 2.02. The van der Waals surface area contributed by atoms with Gasteiger partial charge in [0.15, 0.2) is 5.78 Å². The Morgan fingerprint density at radius 2 is 1.68 bits per heavy atom. The molecule has 0 saturated heterocycles. The minimum Gasteiger partial charge on any atom is -0.289 e. The SMILES string of the molecule is Cc1cc(C(=O)c2ccccc2)cc2c1CCCC2. The van der Waals surface area contributed by atoms with Crippen molar-refractivity contribution in [2.45, 2.75) is 32.6 Å². The van der Waals surface area contributed by atoms with Crippen LogP contribution in [-0.4, -0.2) is 5.78 Å². The number of rotatable bonds is 2. The fourth-order valence-corrected chi connectivity index (χ4v) is 2.98. The van der Waals surface area contributed by atoms with E-state index in [9.17, 15) is 4.79 Å². The third kappa shape index (κ3) is 2.33. The summed E-state index contributed by atoms with van der Waals surface area (Å²) in [5, 5.41) is 0. The van der Waals surface area contributed by atoms with Gasteiger partial charge in [-0.3, -0.25) is 4.79 Å². The molecule has 1 nitrogen and oxygen atoms in total. The first kappa shape index (κ1) is 12.2. The van der Waals surface area contributed by atoms with Crippen LogP contribution in [0.15, 0.2) is 42.5 Å². The summed E-state index contributed by atoms with van der Waals surface area (Å²) in [7, 11) is 0. The number of fused-ring (bicyclic) bond motifs is 1. The lowest BCUT2D eigenvalue weighted by Crippen LogP contribution is -2.09. The average Bonchev–Trinajstić information content (AvgIpc) is 2.47. The second kappa shape index (κ2) is 5.00. The molecular weight excluding hydrogens is 232 g/mol. The molecule has 0 atom stereocenters. The van der Waals surface area contributed by atoms with Crippen molar-refractivity contribution in [1.82, 2.24) is 0 Å². The van der Waals surface area contributed by atoms with Crippen LogP contribution in [-0.2, 0) is 12.8 Å². The fraction of sp³-hybridized carbons (Fsp3) is 0.278. The third-order valence-corrected chi connectivity index (χ3v) is 3.99. The van der Waals surface area contributed by atoms with Crippen LogP contribution < -0.4 is 0 Å². The summed E-state index contributed by atoms with van der Waals surface area (Å²) in [4.78, 5) is 12.5. The van der Waals surface area contributed by atoms with Crippen molar-refractivity contribution < 1.29 is 4.79 Å². The molecule has 0 aliphatic heterocycles. The van der Waals surface area contributed by atoms with Crippen molar-refractivity contribution in [1.29, 1.82) is 0 Å². The van der Waals surface area contributed by atoms with Gasteiger partial charge in [-0.05, 0) is 61.4 Å². The molecule has 0 spiro atoms. The van der Waals surface area contributed by atoms with Crippen molar-refractivity contribution >= 4 is 5.78 Å². The van der Waals surface area contributed by atoms with Gasteiger partial charge in [0.05, 0.1) is 0 Å². The highest BCUT2D eigenvalue weighted by atomic mass is 16.1. The lowest BCUT2D eigenvalue weighted by Gasteiger charge is -2.19. The van der Waals surface area contributed by atoms with Gasteiger partial charge in [-0.15, -0.1) is 0 Å². The molecule has 3 rings (SSSR count). The Kier molecular flexibility index (Phi) is 3.20. The molecule has 0 unspecified atom stereocenters. The maximum atomic E-state index is 12.5. The van der Waals surface area contributed by atoms with Crippen LogP contribution in [0, 0.1) is 6.92 Å². The zero-order valence-corrected chi connectivity index (χ0v) is 11.3. The van der Waals surface area contributed by atoms with Gasteiger partial charge in [0, 0.05) is 11.1 Å². The Bertz CT molecular complexity index is 611. The summed E-state index contributed by atoms with van der Waals surface area (Å²) in [6.07, 6.45) is 4.81. The Morgan fingerprint density at radius 3 is 2.47 bits per heavy atom. The molecule has 0 heterocycles. The number of carbonyl (C=O) groups excluding carboxylic acids is 1. The first-order valence-corrected chi connectivity index (χ1v) is 6.98. The molecule has 2 aromatic rings. The van der Waals surface area contributed by atoms with Crippen LogP contribution in [0.1, 0.15) is 45.5 Å². The first-order chi connectivity index (χ1) is 9.25. The lowest BCUT2D eigenvalue weighted by molar-refractivity contribution is 0.103. The maximum absolute atomic E-state index is 12.5. The van der Waals surface area contributed by atoms with E-state index in [0.717, 1.165) is 17.5 Å². The van der Waals surface area contributed by atoms with E-state index in [0.29, 0.717) is 0 Å². The smallest absolute Gasteiger partial charge is 0.193 e. The monoisotopic (exact) mass is 250 g/mol. The maximum Gasteiger partial charge on any atom is 0.193 e. The number of hydrogen-bond donors (Lipinski definition) is 0. The lowest BCUT2D eigenvalue weighted by atomic mass is 9.86. The molecule has 1 aliphatic rings. The summed E-state index contributed by atoms with van der Waals surface area (Å²) >= 11 is 0. The van der Waals surface area contributed by atoms with Gasteiger partial charge in [-0.25, -0.2) is 0 Å². The van der Waals surface area contributed by atoms with Gasteiger partial charge >= 0.3 is 0 Å². The van der Waals surface area contributed by atoms with E-state index < -0.39 is 0 Å². The second-order valence-corrected chi connectivity index (χ2v) is 5.33. The molecule has 0 saturated carbocycles. The normalized spacial score (nSPS) is 13.9. The molecule has 2 aromatic carbocycles. The van der Waals surface area contributed by atoms with Crippen molar-refractivity contribution in [3.05, 3.63) is 70.3 Å². The van der Waals surface area contributed by atoms with Gasteiger partial charge in [0.25, 0.3) is 0 Å². The minimum atomic E-state index is 0.136. The zero-order chi connectivity index (χ0) is 13.2. The van der Waals surface area contributed by atoms with E-state index in [1.807, 2.05) is 30.3 Å². The molecule has 19 heavy (non-hydrogen) atoms. The van der Waals surface area contributed by atoms with Crippen molar-refractivity contribution in [2.24, 2.45) is 0 Å². The molecule has 0 aromatic heterocycles. The number of ketones is 1. The quantitative estimate of drug-likeness (QED) is 0.733. The molecule has 0 N–H and O–H groups in total. The molecule has 0 amide bonds. The number of aryl methyl sites for hydroxylation is 2. The largest absolute Gasteiger partial charge is 0.289 e. The zero-order valence-electron chi connectivity index (χ0n) is 11.3. The van der Waals surface area contributed by atoms with Crippen LogP contribution in [0.4, 0.5) is 0 Å². The number of carbonyl (C=O) groups is 1. The van der Waals surface area contributed by atoms with Crippen LogP contribution in [0.3, 0.4) is 0 Å². The minimum absolute atomic E-state index is 0.136. The summed E-state index contributed by atoms with van der Waals surface area (Å²) in [6.45, 7) is 2.13. The molecule has 96 valence electrons. The fourth-order valence-electron chi connectivity index (χ4n) is 2.98. The Morgan fingerprint density at radius 1 is 0.947 bits per heavy atom. The van der Waals surface area contributed by atoms with E-state index in [-0.39, 0.29) is 5.78 Å². The summed E-state index contributed by atoms with van der Waals surface area (Å²) in [5.74, 6) is 0.136. The first-order valence-electron chi connectivity index (χ1n) is 6.98. The van der Waals surface area contributed by atoms with E-state index in [4.69, 9.17) is 0 Å². The molecule has 1 heteroatoms. The van der Waals surface area contributed by atoms with Gasteiger partial charge in [0.2, 0.25) is 0 Å². The molecular formula is C18H18O. The third-order valence-electron chi connectivity index (χ3n) is 3.99. The van der Waals surface area contributed by atoms with Gasteiger partial charge in [-0.2, -0.15) is 0 Å². The Labute approximate surface area is 114 Å². The van der Waals surface area contributed by atoms with Crippen molar-refractivity contribution in [3.63, 3.8) is 0 Å². The van der Waals surface area contributed by atoms with E-state index in [2.05, 4.69) is 19.1 Å². The Hall–Kier alpha value is -1.89. The van der Waals surface area contributed by atoms with Gasteiger partial charge in [-0.1, -0.05) is 30.3 Å². The predicted octanol–water partition coefficient (Wildman–Crippen LogP) is 4.10. The molecule has 0 fully saturated rings. The molecule has 0 radical (unpaired) electrons. The standard InChI is InChI=1S/C18H18O/c1-13-11-16(12-15-9-5-6-10-17(13)15)18(19)14-7-3-2-4-8-14/h2-4,7-8,11-12H,5-6,9-10H2,1H3. The van der Waals surface area contributed by atoms with Crippen LogP contribution in [0.5, 0.6) is 0 Å². The molecule has 1 aliphatic carbocycles. The van der Waals surface area contributed by atoms with Crippen LogP contribution >= 0.6 is 0 Å². The second-order valence-electron chi connectivity index (χ2n) is 5.33. The van der Waals surface area contributed by atoms with Crippen LogP contribution in [0.2, 0.25) is 0 Å². The highest BCUT2D eigenvalue weighted by Crippen LogP contribution is 2.26. The average molecular weight is 250 g/mol. The summed E-state index contributed by atoms with van der Waals surface area (Å²) in [5.41, 5.74) is 5.74. The summed E-state index contributed by atoms with van der Waals surface area (Å²) in [6, 6.07) is 13.7. The topological polar surface area (TPSA) is 17.1 Å². The van der Waals surface area contributed by atoms with Crippen LogP contribution in [0.25, 0.3) is 0 Å². The van der Waals surface area contributed by atoms with Gasteiger partial charge in [0.1, 0.15) is 0 Å². The predicted molar refractivity (Wildman–Crippen MR) is 77.7 cm³/mol. The highest BCUT2D eigenvalue weighted by Gasteiger charge is 2.16. The summed E-state index contributed by atoms with van der Waals surface area (Å²) < 4.78 is 0. The van der Waals surface area contributed by atoms with Crippen molar-refractivity contribution in [3.8, 4) is 0 Å². The number of hydrogen-bond acceptors (Lipinski definition) is 1. The van der Waals surface area contributed by atoms with Gasteiger partial charge < -0.3 is 0 Å². The van der Waals surface area contributed by atoms with E-state index in [1.54, 1.807) is 0 Å². The highest BCUT2D eigenvalue weighted by molar-refractivity contribution is 6.09. The van der Waals surface area contributed by atoms with Crippen molar-refractivity contribution in [2.75, 3.05) is 0 Å². The molecule has 0 bridgehead atoms. The number of benzene rings is 2. The van der Waals surface area contributed by atoms with E-state index in [1.165, 1.54) is 36.0 Å².